The van der Waals surface area contributed by atoms with E-state index in [1.165, 1.54) is 0 Å². The molecule has 0 aromatic carbocycles. The first-order chi connectivity index (χ1) is 8.39. The van der Waals surface area contributed by atoms with E-state index in [0.717, 1.165) is 5.75 Å². The molecule has 18 heavy (non-hydrogen) atoms. The molecule has 0 aliphatic carbocycles. The second kappa shape index (κ2) is 5.36. The highest BCUT2D eigenvalue weighted by molar-refractivity contribution is 7.99. The summed E-state index contributed by atoms with van der Waals surface area (Å²) in [6.45, 7) is 0.639. The van der Waals surface area contributed by atoms with Crippen LogP contribution in [0.2, 0.25) is 0 Å². The Kier molecular flexibility index (Phi) is 4.20. The van der Waals surface area contributed by atoms with E-state index in [2.05, 4.69) is 0 Å². The van der Waals surface area contributed by atoms with Crippen LogP contribution in [0.5, 0.6) is 0 Å². The number of carboxylic acids is 1. The molecule has 2 rings (SSSR count). The highest BCUT2D eigenvalue weighted by Gasteiger charge is 2.43. The van der Waals surface area contributed by atoms with E-state index in [0.29, 0.717) is 12.3 Å². The largest absolute Gasteiger partial charge is 0.481 e. The number of aliphatic hydroxyl groups excluding tert-OH is 1. The summed E-state index contributed by atoms with van der Waals surface area (Å²) >= 11 is 1.67. The molecular weight excluding hydrogens is 278 g/mol. The molecular formula is C10H17NO5S2. The smallest absolute Gasteiger partial charge is 0.304 e. The minimum atomic E-state index is -3.19. The second-order valence-electron chi connectivity index (χ2n) is 4.78. The van der Waals surface area contributed by atoms with Gasteiger partial charge >= 0.3 is 5.97 Å². The van der Waals surface area contributed by atoms with Crippen molar-refractivity contribution in [3.63, 3.8) is 0 Å². The summed E-state index contributed by atoms with van der Waals surface area (Å²) in [4.78, 5) is 12.7. The van der Waals surface area contributed by atoms with Crippen LogP contribution in [0.15, 0.2) is 0 Å². The van der Waals surface area contributed by atoms with Crippen molar-refractivity contribution in [2.45, 2.75) is 24.6 Å². The first-order valence-electron chi connectivity index (χ1n) is 5.83. The van der Waals surface area contributed by atoms with E-state index >= 15 is 0 Å². The van der Waals surface area contributed by atoms with Crippen molar-refractivity contribution in [2.75, 3.05) is 29.6 Å². The van der Waals surface area contributed by atoms with Crippen LogP contribution >= 0.6 is 11.8 Å². The lowest BCUT2D eigenvalue weighted by Gasteiger charge is -2.39. The second-order valence-corrected chi connectivity index (χ2v) is 8.08. The molecule has 8 heteroatoms. The first kappa shape index (κ1) is 14.1. The van der Waals surface area contributed by atoms with E-state index in [9.17, 15) is 18.3 Å². The lowest BCUT2D eigenvalue weighted by Crippen LogP contribution is -2.53. The number of carbonyl (C=O) groups is 1. The fourth-order valence-corrected chi connectivity index (χ4v) is 5.51. The summed E-state index contributed by atoms with van der Waals surface area (Å²) < 4.78 is 23.0. The third-order valence-corrected chi connectivity index (χ3v) is 6.19. The molecule has 0 radical (unpaired) electrons. The lowest BCUT2D eigenvalue weighted by molar-refractivity contribution is -0.138. The van der Waals surface area contributed by atoms with Gasteiger partial charge in [0.05, 0.1) is 30.1 Å². The van der Waals surface area contributed by atoms with Crippen molar-refractivity contribution < 1.29 is 23.4 Å². The van der Waals surface area contributed by atoms with E-state index in [4.69, 9.17) is 5.11 Å². The molecule has 0 amide bonds. The Bertz CT molecular complexity index is 424. The average Bonchev–Trinajstić information content (AvgIpc) is 2.52. The molecule has 0 bridgehead atoms. The van der Waals surface area contributed by atoms with Crippen molar-refractivity contribution in [2.24, 2.45) is 0 Å². The molecule has 3 atom stereocenters. The van der Waals surface area contributed by atoms with Crippen LogP contribution in [0.4, 0.5) is 0 Å². The Morgan fingerprint density at radius 2 is 2.11 bits per heavy atom. The van der Waals surface area contributed by atoms with Crippen molar-refractivity contribution in [1.29, 1.82) is 0 Å². The normalized spacial score (nSPS) is 36.6. The van der Waals surface area contributed by atoms with Crippen molar-refractivity contribution in [1.82, 2.24) is 4.90 Å². The zero-order chi connectivity index (χ0) is 13.3. The third-order valence-electron chi connectivity index (χ3n) is 3.40. The van der Waals surface area contributed by atoms with E-state index in [1.807, 2.05) is 4.90 Å². The molecule has 0 aromatic rings. The molecule has 2 aliphatic heterocycles. The Hall–Kier alpha value is -0.310. The van der Waals surface area contributed by atoms with Gasteiger partial charge in [-0.05, 0) is 0 Å². The highest BCUT2D eigenvalue weighted by Crippen LogP contribution is 2.27. The number of aliphatic hydroxyl groups is 1. The van der Waals surface area contributed by atoms with Gasteiger partial charge in [0, 0.05) is 24.1 Å². The Balaban J connectivity index is 2.11. The monoisotopic (exact) mass is 295 g/mol. The maximum Gasteiger partial charge on any atom is 0.304 e. The SMILES string of the molecule is O=C(O)CC1CSCCN1C1CS(=O)(=O)CC1O. The summed E-state index contributed by atoms with van der Waals surface area (Å²) in [5, 5.41) is 18.7. The van der Waals surface area contributed by atoms with Gasteiger partial charge < -0.3 is 10.2 Å². The third kappa shape index (κ3) is 3.17. The quantitative estimate of drug-likeness (QED) is 0.692. The van der Waals surface area contributed by atoms with Gasteiger partial charge in [-0.1, -0.05) is 0 Å². The van der Waals surface area contributed by atoms with E-state index < -0.39 is 28.0 Å². The standard InChI is InChI=1S/C10H17NO5S2/c12-9-6-18(15,16)5-8(9)11-1-2-17-4-7(11)3-10(13)14/h7-9,12H,1-6H2,(H,13,14). The topological polar surface area (TPSA) is 94.9 Å². The molecule has 3 unspecified atom stereocenters. The van der Waals surface area contributed by atoms with Gasteiger partial charge in [-0.25, -0.2) is 8.42 Å². The fourth-order valence-electron chi connectivity index (χ4n) is 2.61. The predicted octanol–water partition coefficient (Wildman–Crippen LogP) is -0.964. The van der Waals surface area contributed by atoms with Crippen LogP contribution < -0.4 is 0 Å². The van der Waals surface area contributed by atoms with E-state index in [-0.39, 0.29) is 24.0 Å². The summed E-state index contributed by atoms with van der Waals surface area (Å²) in [6, 6.07) is -0.630. The van der Waals surface area contributed by atoms with Gasteiger partial charge in [-0.15, -0.1) is 0 Å². The van der Waals surface area contributed by atoms with Gasteiger partial charge in [0.2, 0.25) is 0 Å². The van der Waals surface area contributed by atoms with Gasteiger partial charge in [0.15, 0.2) is 9.84 Å². The number of carboxylic acid groups (broad SMARTS) is 1. The van der Waals surface area contributed by atoms with Gasteiger partial charge in [0.1, 0.15) is 0 Å². The Morgan fingerprint density at radius 3 is 2.67 bits per heavy atom. The minimum Gasteiger partial charge on any atom is -0.481 e. The van der Waals surface area contributed by atoms with Gasteiger partial charge in [0.25, 0.3) is 0 Å². The lowest BCUT2D eigenvalue weighted by atomic mass is 10.1. The molecule has 0 aromatic heterocycles. The maximum atomic E-state index is 11.5. The fraction of sp³-hybridized carbons (Fsp3) is 0.900. The van der Waals surface area contributed by atoms with Crippen molar-refractivity contribution >= 4 is 27.6 Å². The van der Waals surface area contributed by atoms with E-state index in [1.54, 1.807) is 11.8 Å². The molecule has 2 N–H and O–H groups in total. The molecule has 6 nitrogen and oxygen atoms in total. The van der Waals surface area contributed by atoms with Crippen LogP contribution in [-0.4, -0.2) is 77.2 Å². The van der Waals surface area contributed by atoms with Crippen LogP contribution in [0.25, 0.3) is 0 Å². The highest BCUT2D eigenvalue weighted by atomic mass is 32.2. The molecule has 2 aliphatic rings. The molecule has 2 heterocycles. The number of aliphatic carboxylic acids is 1. The van der Waals surface area contributed by atoms with Crippen molar-refractivity contribution in [3.8, 4) is 0 Å². The Morgan fingerprint density at radius 1 is 1.39 bits per heavy atom. The number of thioether (sulfide) groups is 1. The molecule has 104 valence electrons. The molecule has 2 saturated heterocycles. The summed E-state index contributed by atoms with van der Waals surface area (Å²) in [5.41, 5.74) is 0. The molecule has 2 fully saturated rings. The van der Waals surface area contributed by atoms with Crippen LogP contribution in [-0.2, 0) is 14.6 Å². The zero-order valence-electron chi connectivity index (χ0n) is 9.86. The van der Waals surface area contributed by atoms with Crippen LogP contribution in [0.1, 0.15) is 6.42 Å². The molecule has 0 saturated carbocycles. The van der Waals surface area contributed by atoms with Gasteiger partial charge in [-0.2, -0.15) is 11.8 Å². The molecule has 0 spiro atoms. The summed E-state index contributed by atoms with van der Waals surface area (Å²) in [7, 11) is -3.19. The summed E-state index contributed by atoms with van der Waals surface area (Å²) in [6.07, 6.45) is -0.898. The number of hydrogen-bond donors (Lipinski definition) is 2. The number of hydrogen-bond acceptors (Lipinski definition) is 6. The maximum absolute atomic E-state index is 11.5. The zero-order valence-corrected chi connectivity index (χ0v) is 11.5. The average molecular weight is 295 g/mol. The summed E-state index contributed by atoms with van der Waals surface area (Å²) in [5.74, 6) is 0.369. The van der Waals surface area contributed by atoms with Gasteiger partial charge in [-0.3, -0.25) is 9.69 Å². The number of sulfone groups is 1. The van der Waals surface area contributed by atoms with Crippen LogP contribution in [0.3, 0.4) is 0 Å². The van der Waals surface area contributed by atoms with Crippen LogP contribution in [0, 0.1) is 0 Å². The first-order valence-corrected chi connectivity index (χ1v) is 8.80. The van der Waals surface area contributed by atoms with Crippen molar-refractivity contribution in [3.05, 3.63) is 0 Å². The predicted molar refractivity (Wildman–Crippen MR) is 68.5 cm³/mol. The minimum absolute atomic E-state index is 0.00370. The Labute approximate surface area is 110 Å². The number of nitrogens with zero attached hydrogens (tertiary/aromatic N) is 1. The number of rotatable bonds is 3.